The largest absolute Gasteiger partial charge is 0.367 e. The van der Waals surface area contributed by atoms with E-state index in [1.54, 1.807) is 12.1 Å². The van der Waals surface area contributed by atoms with Gasteiger partial charge in [0.2, 0.25) is 5.91 Å². The van der Waals surface area contributed by atoms with E-state index in [0.29, 0.717) is 24.0 Å². The van der Waals surface area contributed by atoms with Gasteiger partial charge in [-0.3, -0.25) is 9.59 Å². The lowest BCUT2D eigenvalue weighted by molar-refractivity contribution is -0.123. The summed E-state index contributed by atoms with van der Waals surface area (Å²) >= 11 is 5.81. The normalized spacial score (nSPS) is 27.5. The van der Waals surface area contributed by atoms with Crippen molar-refractivity contribution in [2.24, 2.45) is 5.73 Å². The average molecular weight is 419 g/mol. The minimum atomic E-state index is -1.38. The number of fused-ring (bicyclic) bond motifs is 2. The van der Waals surface area contributed by atoms with Crippen molar-refractivity contribution in [2.45, 2.75) is 42.6 Å². The lowest BCUT2D eigenvalue weighted by Gasteiger charge is -2.38. The molecule has 2 amide bonds. The summed E-state index contributed by atoms with van der Waals surface area (Å²) < 4.78 is 29.2. The van der Waals surface area contributed by atoms with Crippen LogP contribution in [0.4, 0.5) is 8.78 Å². The molecule has 2 fully saturated rings. The molecule has 2 N–H and O–H groups in total. The van der Waals surface area contributed by atoms with E-state index in [-0.39, 0.29) is 29.4 Å². The molecule has 2 aromatic rings. The van der Waals surface area contributed by atoms with E-state index in [4.69, 9.17) is 17.3 Å². The summed E-state index contributed by atoms with van der Waals surface area (Å²) in [6.07, 6.45) is 2.46. The fourth-order valence-corrected chi connectivity index (χ4v) is 4.33. The van der Waals surface area contributed by atoms with Gasteiger partial charge in [0.15, 0.2) is 11.9 Å². The topological polar surface area (TPSA) is 89.2 Å². The zero-order valence-electron chi connectivity index (χ0n) is 15.2. The monoisotopic (exact) mass is 418 g/mol. The smallest absolute Gasteiger partial charge is 0.255 e. The van der Waals surface area contributed by atoms with E-state index < -0.39 is 35.1 Å². The number of carbonyl (C=O) groups excluding carboxylic acids is 2. The number of amides is 2. The summed E-state index contributed by atoms with van der Waals surface area (Å²) in [6, 6.07) is 3.45. The molecular weight excluding hydrogens is 402 g/mol. The Morgan fingerprint density at radius 1 is 1.31 bits per heavy atom. The van der Waals surface area contributed by atoms with Crippen LogP contribution in [0.3, 0.4) is 0 Å². The molecule has 1 aliphatic heterocycles. The molecule has 3 aliphatic rings. The highest BCUT2D eigenvalue weighted by atomic mass is 35.5. The second kappa shape index (κ2) is 5.95. The van der Waals surface area contributed by atoms with Crippen molar-refractivity contribution in [3.63, 3.8) is 0 Å². The molecule has 1 unspecified atom stereocenters. The number of benzene rings is 1. The Morgan fingerprint density at radius 3 is 2.52 bits per heavy atom. The molecule has 5 rings (SSSR count). The number of aromatic nitrogens is 2. The van der Waals surface area contributed by atoms with Crippen LogP contribution in [0.5, 0.6) is 0 Å². The number of rotatable bonds is 4. The van der Waals surface area contributed by atoms with Crippen molar-refractivity contribution in [2.75, 3.05) is 6.54 Å². The quantitative estimate of drug-likeness (QED) is 0.826. The van der Waals surface area contributed by atoms with Crippen molar-refractivity contribution in [3.8, 4) is 0 Å². The maximum Gasteiger partial charge on any atom is 0.255 e. The highest BCUT2D eigenvalue weighted by Gasteiger charge is 2.62. The Bertz CT molecular complexity index is 1040. The van der Waals surface area contributed by atoms with Crippen LogP contribution in [-0.4, -0.2) is 39.4 Å². The number of nitrogens with zero attached hydrogens (tertiary/aromatic N) is 3. The SMILES string of the molecule is NC(=O)C(c1ncc(Cl)cn1)N1C[C@]2(C[C@H]2F)c2cc(C3(F)CC3)ccc2C1=O. The zero-order valence-corrected chi connectivity index (χ0v) is 16.0. The standard InChI is InChI=1S/C20H17ClF2N4O2/c21-11-7-25-17(26-8-11)15(16(24)28)27-9-19(6-14(19)22)13-5-10(20(23)3-4-20)1-2-12(13)18(27)29/h1-2,5,7-8,14-15H,3-4,6,9H2,(H2,24,28)/t14-,15?,19-/m1/s1. The fourth-order valence-electron chi connectivity index (χ4n) is 4.23. The van der Waals surface area contributed by atoms with Gasteiger partial charge in [-0.2, -0.15) is 0 Å². The van der Waals surface area contributed by atoms with Crippen molar-refractivity contribution in [1.29, 1.82) is 0 Å². The van der Waals surface area contributed by atoms with Gasteiger partial charge in [0, 0.05) is 29.9 Å². The van der Waals surface area contributed by atoms with Crippen LogP contribution in [0, 0.1) is 0 Å². The third kappa shape index (κ3) is 2.73. The number of primary amides is 1. The Balaban J connectivity index is 1.59. The minimum Gasteiger partial charge on any atom is -0.367 e. The Labute approximate surface area is 170 Å². The number of hydrogen-bond acceptors (Lipinski definition) is 4. The Hall–Kier alpha value is -2.61. The number of hydrogen-bond donors (Lipinski definition) is 1. The van der Waals surface area contributed by atoms with Gasteiger partial charge >= 0.3 is 0 Å². The third-order valence-electron chi connectivity index (χ3n) is 6.16. The molecule has 0 radical (unpaired) electrons. The second-order valence-electron chi connectivity index (χ2n) is 8.05. The molecule has 3 atom stereocenters. The van der Waals surface area contributed by atoms with Gasteiger partial charge in [-0.25, -0.2) is 18.7 Å². The van der Waals surface area contributed by atoms with Crippen LogP contribution in [0.15, 0.2) is 30.6 Å². The minimum absolute atomic E-state index is 0.0159. The number of halogens is 3. The number of nitrogens with two attached hydrogens (primary N) is 1. The van der Waals surface area contributed by atoms with E-state index >= 15 is 0 Å². The molecule has 0 bridgehead atoms. The van der Waals surface area contributed by atoms with Crippen molar-refractivity contribution >= 4 is 23.4 Å². The molecule has 1 aromatic carbocycles. The van der Waals surface area contributed by atoms with Gasteiger partial charge in [0.05, 0.1) is 5.02 Å². The Morgan fingerprint density at radius 2 is 1.97 bits per heavy atom. The zero-order chi connectivity index (χ0) is 20.6. The lowest BCUT2D eigenvalue weighted by Crippen LogP contribution is -2.50. The maximum atomic E-state index is 14.6. The molecule has 29 heavy (non-hydrogen) atoms. The van der Waals surface area contributed by atoms with Gasteiger partial charge in [0.1, 0.15) is 11.8 Å². The van der Waals surface area contributed by atoms with Crippen molar-refractivity contribution < 1.29 is 18.4 Å². The maximum absolute atomic E-state index is 14.6. The molecule has 2 heterocycles. The lowest BCUT2D eigenvalue weighted by atomic mass is 9.83. The van der Waals surface area contributed by atoms with Crippen LogP contribution in [-0.2, 0) is 15.9 Å². The molecule has 150 valence electrons. The summed E-state index contributed by atoms with van der Waals surface area (Å²) in [6.45, 7) is -0.0532. The summed E-state index contributed by atoms with van der Waals surface area (Å²) in [4.78, 5) is 34.7. The van der Waals surface area contributed by atoms with Crippen LogP contribution in [0.1, 0.15) is 52.6 Å². The summed E-state index contributed by atoms with van der Waals surface area (Å²) in [5.74, 6) is -1.29. The van der Waals surface area contributed by atoms with Gasteiger partial charge < -0.3 is 10.6 Å². The first-order chi connectivity index (χ1) is 13.7. The Kier molecular flexibility index (Phi) is 3.78. The van der Waals surface area contributed by atoms with Crippen LogP contribution in [0.25, 0.3) is 0 Å². The van der Waals surface area contributed by atoms with Gasteiger partial charge in [-0.05, 0) is 36.5 Å². The highest BCUT2D eigenvalue weighted by molar-refractivity contribution is 6.30. The van der Waals surface area contributed by atoms with Gasteiger partial charge in [0.25, 0.3) is 5.91 Å². The first-order valence-corrected chi connectivity index (χ1v) is 9.69. The molecular formula is C20H17ClF2N4O2. The predicted molar refractivity (Wildman–Crippen MR) is 99.7 cm³/mol. The van der Waals surface area contributed by atoms with E-state index in [1.807, 2.05) is 0 Å². The first-order valence-electron chi connectivity index (χ1n) is 9.31. The molecule has 2 saturated carbocycles. The predicted octanol–water partition coefficient (Wildman–Crippen LogP) is 2.75. The summed E-state index contributed by atoms with van der Waals surface area (Å²) in [5.41, 5.74) is 4.45. The molecule has 2 aliphatic carbocycles. The number of alkyl halides is 2. The van der Waals surface area contributed by atoms with Crippen LogP contribution < -0.4 is 5.73 Å². The fraction of sp³-hybridized carbons (Fsp3) is 0.400. The van der Waals surface area contributed by atoms with E-state index in [2.05, 4.69) is 9.97 Å². The molecule has 1 spiro atoms. The van der Waals surface area contributed by atoms with E-state index in [1.165, 1.54) is 23.4 Å². The van der Waals surface area contributed by atoms with Crippen LogP contribution >= 0.6 is 11.6 Å². The summed E-state index contributed by atoms with van der Waals surface area (Å²) in [7, 11) is 0. The average Bonchev–Trinajstić information content (AvgIpc) is 3.59. The van der Waals surface area contributed by atoms with Crippen LogP contribution in [0.2, 0.25) is 5.02 Å². The first kappa shape index (κ1) is 18.4. The molecule has 9 heteroatoms. The van der Waals surface area contributed by atoms with Gasteiger partial charge in [-0.15, -0.1) is 0 Å². The molecule has 6 nitrogen and oxygen atoms in total. The summed E-state index contributed by atoms with van der Waals surface area (Å²) in [5, 5.41) is 0.266. The molecule has 0 saturated heterocycles. The highest BCUT2D eigenvalue weighted by Crippen LogP contribution is 2.57. The molecule has 1 aromatic heterocycles. The van der Waals surface area contributed by atoms with E-state index in [0.717, 1.165) is 0 Å². The number of carbonyl (C=O) groups is 2. The van der Waals surface area contributed by atoms with Gasteiger partial charge in [-0.1, -0.05) is 23.7 Å². The second-order valence-corrected chi connectivity index (χ2v) is 8.49. The van der Waals surface area contributed by atoms with Crippen molar-refractivity contribution in [1.82, 2.24) is 14.9 Å². The third-order valence-corrected chi connectivity index (χ3v) is 6.35. The van der Waals surface area contributed by atoms with E-state index in [9.17, 15) is 18.4 Å². The van der Waals surface area contributed by atoms with Crippen molar-refractivity contribution in [3.05, 3.63) is 58.1 Å².